The Morgan fingerprint density at radius 1 is 0.962 bits per heavy atom. The van der Waals surface area contributed by atoms with Gasteiger partial charge in [0.15, 0.2) is 5.58 Å². The average molecular weight is 358 g/mol. The summed E-state index contributed by atoms with van der Waals surface area (Å²) < 4.78 is 21.5. The van der Waals surface area contributed by atoms with Crippen LogP contribution in [0.5, 0.6) is 11.5 Å². The number of hydrogen-bond donors (Lipinski definition) is 1. The predicted octanol–water partition coefficient (Wildman–Crippen LogP) is 3.70. The van der Waals surface area contributed by atoms with Gasteiger partial charge in [0.05, 0.1) is 26.7 Å². The zero-order valence-corrected chi connectivity index (χ0v) is 15.1. The van der Waals surface area contributed by atoms with Crippen molar-refractivity contribution in [1.82, 2.24) is 0 Å². The second-order valence-corrected chi connectivity index (χ2v) is 5.83. The monoisotopic (exact) mass is 358 g/mol. The molecule has 0 atom stereocenters. The van der Waals surface area contributed by atoms with Crippen LogP contribution >= 0.6 is 0 Å². The Hall–Kier alpha value is -3.22. The van der Waals surface area contributed by atoms with Crippen molar-refractivity contribution >= 4 is 33.9 Å². The molecule has 3 rings (SSSR count). The number of carboxylic acid groups (broad SMARTS) is 1. The molecule has 0 aliphatic carbocycles. The van der Waals surface area contributed by atoms with Gasteiger partial charge in [0.25, 0.3) is 0 Å². The largest absolute Gasteiger partial charge is 0.496 e. The number of furan rings is 1. The van der Waals surface area contributed by atoms with Crippen LogP contribution < -0.4 is 9.47 Å². The summed E-state index contributed by atoms with van der Waals surface area (Å²) in [6.45, 7) is 3.40. The fourth-order valence-electron chi connectivity index (χ4n) is 3.30. The van der Waals surface area contributed by atoms with E-state index in [-0.39, 0.29) is 22.5 Å². The Bertz CT molecular complexity index is 1060. The average Bonchev–Trinajstić information content (AvgIpc) is 2.98. The van der Waals surface area contributed by atoms with E-state index in [9.17, 15) is 14.7 Å². The summed E-state index contributed by atoms with van der Waals surface area (Å²) in [5, 5.41) is 10.7. The first kappa shape index (κ1) is 17.6. The fraction of sp³-hybridized carbons (Fsp3) is 0.263. The van der Waals surface area contributed by atoms with Gasteiger partial charge in [-0.05, 0) is 31.0 Å². The van der Waals surface area contributed by atoms with Crippen molar-refractivity contribution in [2.24, 2.45) is 0 Å². The number of carbonyl (C=O) groups is 2. The van der Waals surface area contributed by atoms with Crippen LogP contribution in [0.3, 0.4) is 0 Å². The van der Waals surface area contributed by atoms with Gasteiger partial charge in [-0.15, -0.1) is 0 Å². The van der Waals surface area contributed by atoms with Gasteiger partial charge in [-0.25, -0.2) is 9.59 Å². The van der Waals surface area contributed by atoms with Crippen LogP contribution in [0, 0.1) is 13.8 Å². The van der Waals surface area contributed by atoms with Gasteiger partial charge < -0.3 is 23.7 Å². The highest BCUT2D eigenvalue weighted by molar-refractivity contribution is 6.18. The van der Waals surface area contributed by atoms with Crippen molar-refractivity contribution in [2.45, 2.75) is 13.8 Å². The van der Waals surface area contributed by atoms with Gasteiger partial charge in [-0.1, -0.05) is 0 Å². The number of ether oxygens (including phenoxy) is 3. The maximum absolute atomic E-state index is 12.2. The molecule has 0 bridgehead atoms. The molecule has 0 aliphatic rings. The quantitative estimate of drug-likeness (QED) is 0.710. The molecule has 0 saturated carbocycles. The van der Waals surface area contributed by atoms with E-state index in [1.807, 2.05) is 0 Å². The SMILES string of the molecule is COC(=O)c1c(OC)cc2oc3c(C(=O)O)c(C)cc(OC)c3c2c1C. The van der Waals surface area contributed by atoms with Gasteiger partial charge in [0, 0.05) is 11.5 Å². The van der Waals surface area contributed by atoms with Crippen LogP contribution in [0.4, 0.5) is 0 Å². The topological polar surface area (TPSA) is 95.2 Å². The van der Waals surface area contributed by atoms with Crippen LogP contribution in [0.15, 0.2) is 16.5 Å². The van der Waals surface area contributed by atoms with E-state index >= 15 is 0 Å². The molecule has 7 nitrogen and oxygen atoms in total. The lowest BCUT2D eigenvalue weighted by atomic mass is 9.97. The molecule has 0 fully saturated rings. The van der Waals surface area contributed by atoms with Crippen molar-refractivity contribution in [1.29, 1.82) is 0 Å². The van der Waals surface area contributed by atoms with Crippen LogP contribution in [-0.4, -0.2) is 38.4 Å². The minimum Gasteiger partial charge on any atom is -0.496 e. The smallest absolute Gasteiger partial charge is 0.341 e. The molecule has 136 valence electrons. The van der Waals surface area contributed by atoms with Crippen molar-refractivity contribution in [2.75, 3.05) is 21.3 Å². The fourth-order valence-corrected chi connectivity index (χ4v) is 3.30. The highest BCUT2D eigenvalue weighted by Crippen LogP contribution is 2.43. The lowest BCUT2D eigenvalue weighted by molar-refractivity contribution is 0.0595. The molecule has 2 aromatic carbocycles. The van der Waals surface area contributed by atoms with Crippen molar-refractivity contribution in [3.63, 3.8) is 0 Å². The third-order valence-corrected chi connectivity index (χ3v) is 4.45. The van der Waals surface area contributed by atoms with Crippen molar-refractivity contribution < 1.29 is 33.3 Å². The minimum absolute atomic E-state index is 0.0509. The maximum Gasteiger partial charge on any atom is 0.341 e. The van der Waals surface area contributed by atoms with Gasteiger partial charge >= 0.3 is 11.9 Å². The number of aromatic carboxylic acids is 1. The second kappa shape index (κ2) is 6.25. The number of rotatable bonds is 4. The maximum atomic E-state index is 12.2. The number of esters is 1. The Morgan fingerprint density at radius 2 is 1.62 bits per heavy atom. The summed E-state index contributed by atoms with van der Waals surface area (Å²) in [4.78, 5) is 24.0. The molecule has 0 spiro atoms. The number of benzene rings is 2. The molecular formula is C19H18O7. The highest BCUT2D eigenvalue weighted by atomic mass is 16.5. The predicted molar refractivity (Wildman–Crippen MR) is 94.6 cm³/mol. The number of carbonyl (C=O) groups excluding carboxylic acids is 1. The number of methoxy groups -OCH3 is 3. The van der Waals surface area contributed by atoms with Crippen LogP contribution in [0.1, 0.15) is 31.8 Å². The van der Waals surface area contributed by atoms with E-state index in [4.69, 9.17) is 18.6 Å². The van der Waals surface area contributed by atoms with E-state index in [0.717, 1.165) is 0 Å². The minimum atomic E-state index is -1.10. The zero-order chi connectivity index (χ0) is 19.2. The molecule has 3 aromatic rings. The third-order valence-electron chi connectivity index (χ3n) is 4.45. The molecule has 7 heteroatoms. The van der Waals surface area contributed by atoms with Crippen molar-refractivity contribution in [3.05, 3.63) is 34.4 Å². The molecule has 1 heterocycles. The van der Waals surface area contributed by atoms with Gasteiger partial charge in [-0.3, -0.25) is 0 Å². The summed E-state index contributed by atoms with van der Waals surface area (Å²) in [6, 6.07) is 3.19. The molecule has 0 aliphatic heterocycles. The molecule has 1 aromatic heterocycles. The third kappa shape index (κ3) is 2.35. The molecule has 0 radical (unpaired) electrons. The molecule has 0 amide bonds. The standard InChI is InChI=1S/C19H18O7/c1-8-6-10(23-3)16-14-9(2)15(19(22)25-5)11(24-4)7-12(14)26-17(16)13(8)18(20)21/h6-7H,1-5H3,(H,20,21). The molecule has 26 heavy (non-hydrogen) atoms. The Morgan fingerprint density at radius 3 is 2.15 bits per heavy atom. The van der Waals surface area contributed by atoms with Crippen LogP contribution in [-0.2, 0) is 4.74 Å². The van der Waals surface area contributed by atoms with E-state index < -0.39 is 11.9 Å². The first-order valence-corrected chi connectivity index (χ1v) is 7.78. The summed E-state index contributed by atoms with van der Waals surface area (Å²) in [7, 11) is 4.21. The summed E-state index contributed by atoms with van der Waals surface area (Å²) in [6.07, 6.45) is 0. The molecular weight excluding hydrogens is 340 g/mol. The zero-order valence-electron chi connectivity index (χ0n) is 15.1. The number of carboxylic acids is 1. The first-order valence-electron chi connectivity index (χ1n) is 7.78. The van der Waals surface area contributed by atoms with Crippen LogP contribution in [0.25, 0.3) is 21.9 Å². The van der Waals surface area contributed by atoms with E-state index in [2.05, 4.69) is 0 Å². The normalized spacial score (nSPS) is 11.0. The summed E-state index contributed by atoms with van der Waals surface area (Å²) in [5.41, 5.74) is 1.96. The van der Waals surface area contributed by atoms with E-state index in [1.54, 1.807) is 26.0 Å². The Labute approximate surface area is 149 Å². The Kier molecular flexibility index (Phi) is 4.23. The molecule has 1 N–H and O–H groups in total. The first-order chi connectivity index (χ1) is 12.3. The molecule has 0 unspecified atom stereocenters. The molecule has 0 saturated heterocycles. The van der Waals surface area contributed by atoms with Crippen molar-refractivity contribution in [3.8, 4) is 11.5 Å². The van der Waals surface area contributed by atoms with Gasteiger partial charge in [-0.2, -0.15) is 0 Å². The van der Waals surface area contributed by atoms with Gasteiger partial charge in [0.1, 0.15) is 28.2 Å². The summed E-state index contributed by atoms with van der Waals surface area (Å²) >= 11 is 0. The number of fused-ring (bicyclic) bond motifs is 3. The van der Waals surface area contributed by atoms with Gasteiger partial charge in [0.2, 0.25) is 0 Å². The second-order valence-electron chi connectivity index (χ2n) is 5.83. The highest BCUT2D eigenvalue weighted by Gasteiger charge is 2.27. The number of hydrogen-bond acceptors (Lipinski definition) is 6. The summed E-state index contributed by atoms with van der Waals surface area (Å²) in [5.74, 6) is -0.911. The number of aryl methyl sites for hydroxylation is 2. The van der Waals surface area contributed by atoms with E-state index in [1.165, 1.54) is 21.3 Å². The lowest BCUT2D eigenvalue weighted by Gasteiger charge is -2.11. The van der Waals surface area contributed by atoms with E-state index in [0.29, 0.717) is 33.2 Å². The Balaban J connectivity index is 2.59. The lowest BCUT2D eigenvalue weighted by Crippen LogP contribution is -2.07. The van der Waals surface area contributed by atoms with Crippen LogP contribution in [0.2, 0.25) is 0 Å².